The highest BCUT2D eigenvalue weighted by molar-refractivity contribution is 5.92. The molecular weight excluding hydrogens is 645 g/mol. The van der Waals surface area contributed by atoms with Crippen molar-refractivity contribution in [2.24, 2.45) is 0 Å². The van der Waals surface area contributed by atoms with Crippen molar-refractivity contribution >= 4 is 23.4 Å². The van der Waals surface area contributed by atoms with E-state index in [1.807, 2.05) is 42.5 Å². The Balaban J connectivity index is 0.00000353. The topological polar surface area (TPSA) is 100 Å². The van der Waals surface area contributed by atoms with Gasteiger partial charge in [0.05, 0.1) is 26.4 Å². The first-order valence-corrected chi connectivity index (χ1v) is 14.5. The number of anilines is 2. The van der Waals surface area contributed by atoms with Gasteiger partial charge in [-0.25, -0.2) is 4.79 Å². The number of carbonyl (C=O) groups excluding carboxylic acids is 2. The molecule has 222 valence electrons. The van der Waals surface area contributed by atoms with Gasteiger partial charge in [-0.15, -0.1) is 0 Å². The van der Waals surface area contributed by atoms with Crippen molar-refractivity contribution < 1.29 is 52.6 Å². The van der Waals surface area contributed by atoms with Gasteiger partial charge in [0.2, 0.25) is 5.91 Å². The Hall–Kier alpha value is -2.99. The number of nitrogens with zero attached hydrogens (tertiary/aromatic N) is 1. The minimum absolute atomic E-state index is 0. The quantitative estimate of drug-likeness (QED) is 0.183. The molecule has 3 aliphatic heterocycles. The van der Waals surface area contributed by atoms with Crippen LogP contribution in [0.1, 0.15) is 36.8 Å². The van der Waals surface area contributed by atoms with Crippen LogP contribution in [0.2, 0.25) is 0 Å². The lowest BCUT2D eigenvalue weighted by Gasteiger charge is -2.45. The number of ether oxygens (including phenoxy) is 2. The summed E-state index contributed by atoms with van der Waals surface area (Å²) in [6.45, 7) is -0.0233. The molecule has 6 rings (SSSR count). The zero-order valence-electron chi connectivity index (χ0n) is 24.0. The Kier molecular flexibility index (Phi) is 9.22. The summed E-state index contributed by atoms with van der Waals surface area (Å²) in [6, 6.07) is 23.9. The SMILES string of the molecule is C[N+]1(C)[C@@H]2CC(OC(=O)Nc3ccc(CCCC(=O)Nc4ccc(CO)cc4)cc3-c3ccccc3)C[C@H]1[C@@H]1O[C@@H]12.[I-]. The minimum Gasteiger partial charge on any atom is -1.00 e. The molecule has 0 saturated carbocycles. The number of carbonyl (C=O) groups is 2. The molecule has 3 aromatic carbocycles. The third-order valence-corrected chi connectivity index (χ3v) is 9.01. The van der Waals surface area contributed by atoms with Crippen LogP contribution in [0.3, 0.4) is 0 Å². The van der Waals surface area contributed by atoms with Gasteiger partial charge in [0.25, 0.3) is 0 Å². The number of piperidine rings is 1. The molecule has 3 aromatic rings. The maximum Gasteiger partial charge on any atom is 0.411 e. The van der Waals surface area contributed by atoms with Crippen molar-refractivity contribution in [1.82, 2.24) is 0 Å². The number of quaternary nitrogens is 1. The third kappa shape index (κ3) is 6.49. The average molecular weight is 684 g/mol. The molecule has 3 fully saturated rings. The molecule has 1 unspecified atom stereocenters. The minimum atomic E-state index is -0.426. The lowest BCUT2D eigenvalue weighted by atomic mass is 9.96. The van der Waals surface area contributed by atoms with Gasteiger partial charge in [-0.1, -0.05) is 48.5 Å². The zero-order valence-corrected chi connectivity index (χ0v) is 26.1. The number of benzene rings is 3. The van der Waals surface area contributed by atoms with Gasteiger partial charge in [-0.2, -0.15) is 0 Å². The van der Waals surface area contributed by atoms with Crippen molar-refractivity contribution in [2.75, 3.05) is 24.7 Å². The van der Waals surface area contributed by atoms with E-state index in [9.17, 15) is 14.7 Å². The van der Waals surface area contributed by atoms with Crippen molar-refractivity contribution in [3.05, 3.63) is 83.9 Å². The van der Waals surface area contributed by atoms with Crippen molar-refractivity contribution in [3.63, 3.8) is 0 Å². The number of likely N-dealkylation sites (N-methyl/N-ethyl adjacent to an activating group) is 1. The molecular formula is C33H38IN3O5. The molecule has 0 aliphatic carbocycles. The van der Waals surface area contributed by atoms with E-state index in [1.54, 1.807) is 24.3 Å². The van der Waals surface area contributed by atoms with Gasteiger partial charge in [0, 0.05) is 30.5 Å². The number of nitrogens with one attached hydrogen (secondary N) is 2. The predicted octanol–water partition coefficient (Wildman–Crippen LogP) is 2.12. The fourth-order valence-corrected chi connectivity index (χ4v) is 6.67. The highest BCUT2D eigenvalue weighted by atomic mass is 127. The van der Waals surface area contributed by atoms with Gasteiger partial charge in [-0.05, 0) is 53.8 Å². The van der Waals surface area contributed by atoms with E-state index >= 15 is 0 Å². The first-order valence-electron chi connectivity index (χ1n) is 14.5. The molecule has 0 radical (unpaired) electrons. The Bertz CT molecular complexity index is 1390. The molecule has 3 heterocycles. The number of epoxide rings is 1. The molecule has 2 amide bonds. The van der Waals surface area contributed by atoms with Crippen molar-refractivity contribution in [3.8, 4) is 11.1 Å². The van der Waals surface area contributed by atoms with E-state index in [0.29, 0.717) is 42.8 Å². The van der Waals surface area contributed by atoms with Crippen molar-refractivity contribution in [1.29, 1.82) is 0 Å². The van der Waals surface area contributed by atoms with Crippen LogP contribution in [-0.4, -0.2) is 66.1 Å². The number of rotatable bonds is 9. The zero-order chi connectivity index (χ0) is 28.6. The first kappa shape index (κ1) is 30.5. The van der Waals surface area contributed by atoms with Crippen LogP contribution in [0.5, 0.6) is 0 Å². The molecule has 3 N–H and O–H groups in total. The van der Waals surface area contributed by atoms with Crippen LogP contribution in [0.4, 0.5) is 16.2 Å². The van der Waals surface area contributed by atoms with Gasteiger partial charge in [0.1, 0.15) is 30.4 Å². The monoisotopic (exact) mass is 683 g/mol. The lowest BCUT2D eigenvalue weighted by molar-refractivity contribution is -0.938. The first-order chi connectivity index (χ1) is 19.8. The molecule has 3 saturated heterocycles. The van der Waals surface area contributed by atoms with Gasteiger partial charge in [0.15, 0.2) is 0 Å². The Morgan fingerprint density at radius 1 is 0.929 bits per heavy atom. The number of fused-ring (bicyclic) bond motifs is 5. The Morgan fingerprint density at radius 3 is 2.26 bits per heavy atom. The second kappa shape index (κ2) is 12.7. The summed E-state index contributed by atoms with van der Waals surface area (Å²) < 4.78 is 12.7. The van der Waals surface area contributed by atoms with Crippen LogP contribution >= 0.6 is 0 Å². The van der Waals surface area contributed by atoms with Crippen LogP contribution in [-0.2, 0) is 27.3 Å². The molecule has 9 heteroatoms. The Labute approximate surface area is 264 Å². The maximum atomic E-state index is 13.0. The normalized spacial score (nSPS) is 24.6. The molecule has 5 atom stereocenters. The highest BCUT2D eigenvalue weighted by Gasteiger charge is 2.70. The summed E-state index contributed by atoms with van der Waals surface area (Å²) in [7, 11) is 4.53. The van der Waals surface area contributed by atoms with Gasteiger partial charge >= 0.3 is 6.09 Å². The van der Waals surface area contributed by atoms with Crippen LogP contribution in [0.15, 0.2) is 72.8 Å². The summed E-state index contributed by atoms with van der Waals surface area (Å²) in [5, 5.41) is 15.1. The number of halogens is 1. The smallest absolute Gasteiger partial charge is 0.411 e. The van der Waals surface area contributed by atoms with Crippen LogP contribution in [0, 0.1) is 0 Å². The Morgan fingerprint density at radius 2 is 1.60 bits per heavy atom. The average Bonchev–Trinajstić information content (AvgIpc) is 3.73. The largest absolute Gasteiger partial charge is 1.00 e. The fourth-order valence-electron chi connectivity index (χ4n) is 6.67. The second-order valence-corrected chi connectivity index (χ2v) is 12.0. The van der Waals surface area contributed by atoms with E-state index in [4.69, 9.17) is 9.47 Å². The summed E-state index contributed by atoms with van der Waals surface area (Å²) >= 11 is 0. The number of hydrogen-bond acceptors (Lipinski definition) is 5. The highest BCUT2D eigenvalue weighted by Crippen LogP contribution is 2.51. The van der Waals surface area contributed by atoms with E-state index in [1.165, 1.54) is 0 Å². The van der Waals surface area contributed by atoms with Gasteiger partial charge < -0.3 is 48.4 Å². The number of amides is 2. The molecule has 3 aliphatic rings. The van der Waals surface area contributed by atoms with Crippen LogP contribution in [0.25, 0.3) is 11.1 Å². The second-order valence-electron chi connectivity index (χ2n) is 12.0. The maximum absolute atomic E-state index is 13.0. The number of aryl methyl sites for hydroxylation is 1. The fraction of sp³-hybridized carbons (Fsp3) is 0.394. The molecule has 0 aromatic heterocycles. The lowest BCUT2D eigenvalue weighted by Crippen LogP contribution is -3.00. The van der Waals surface area contributed by atoms with Crippen molar-refractivity contribution in [2.45, 2.75) is 69.1 Å². The molecule has 8 nitrogen and oxygen atoms in total. The molecule has 42 heavy (non-hydrogen) atoms. The van der Waals surface area contributed by atoms with E-state index < -0.39 is 6.09 Å². The number of hydrogen-bond donors (Lipinski definition) is 3. The summed E-state index contributed by atoms with van der Waals surface area (Å²) in [5.74, 6) is -0.0479. The number of aliphatic hydroxyl groups excluding tert-OH is 1. The molecule has 0 spiro atoms. The van der Waals surface area contributed by atoms with Crippen LogP contribution < -0.4 is 34.6 Å². The third-order valence-electron chi connectivity index (χ3n) is 9.01. The number of aliphatic hydroxyl groups is 1. The predicted molar refractivity (Wildman–Crippen MR) is 157 cm³/mol. The number of morpholine rings is 1. The summed E-state index contributed by atoms with van der Waals surface area (Å²) in [5.41, 5.74) is 5.24. The molecule has 2 bridgehead atoms. The van der Waals surface area contributed by atoms with E-state index in [-0.39, 0.29) is 42.6 Å². The summed E-state index contributed by atoms with van der Waals surface area (Å²) in [6.07, 6.45) is 3.55. The van der Waals surface area contributed by atoms with Gasteiger partial charge in [-0.3, -0.25) is 10.1 Å². The van der Waals surface area contributed by atoms with E-state index in [2.05, 4.69) is 30.8 Å². The standard InChI is InChI=1S/C33H37N3O5.HI/c1-36(2)28-18-25(19-29(36)32-31(28)41-32)40-33(39)35-27-16-13-21(17-26(27)23-8-4-3-5-9-23)7-6-10-30(38)34-24-14-11-22(20-37)12-15-24;/h3-5,8-9,11-17,25,28-29,31-32,37H,6-7,10,18-20H2,1-2H3,(H-,34,35,38,39);1H/t25?,28-,29+,31-,32+;. The summed E-state index contributed by atoms with van der Waals surface area (Å²) in [4.78, 5) is 25.5. The van der Waals surface area contributed by atoms with E-state index in [0.717, 1.165) is 51.7 Å².